The summed E-state index contributed by atoms with van der Waals surface area (Å²) < 4.78 is 5.61. The van der Waals surface area contributed by atoms with Crippen molar-refractivity contribution in [1.82, 2.24) is 0 Å². The maximum Gasteiger partial charge on any atom is 0.330 e. The number of rotatable bonds is 2. The Bertz CT molecular complexity index is 332. The van der Waals surface area contributed by atoms with Crippen molar-refractivity contribution in [2.45, 2.75) is 59.0 Å². The lowest BCUT2D eigenvalue weighted by Gasteiger charge is -2.59. The van der Waals surface area contributed by atoms with Crippen molar-refractivity contribution in [3.05, 3.63) is 12.7 Å². The van der Waals surface area contributed by atoms with Crippen LogP contribution in [0.2, 0.25) is 0 Å². The van der Waals surface area contributed by atoms with E-state index in [0.29, 0.717) is 0 Å². The van der Waals surface area contributed by atoms with Crippen LogP contribution in [-0.4, -0.2) is 12.1 Å². The molecule has 2 rings (SSSR count). The van der Waals surface area contributed by atoms with Gasteiger partial charge in [0.05, 0.1) is 0 Å². The molecule has 2 fully saturated rings. The minimum atomic E-state index is -0.268. The third-order valence-corrected chi connectivity index (χ3v) is 5.65. The second kappa shape index (κ2) is 4.15. The van der Waals surface area contributed by atoms with Gasteiger partial charge in [0.1, 0.15) is 6.10 Å². The largest absolute Gasteiger partial charge is 0.459 e. The van der Waals surface area contributed by atoms with Crippen LogP contribution in [0.4, 0.5) is 0 Å². The zero-order chi connectivity index (χ0) is 12.7. The molecule has 0 aromatic rings. The van der Waals surface area contributed by atoms with Crippen LogP contribution in [0.1, 0.15) is 52.9 Å². The lowest BCUT2D eigenvalue weighted by molar-refractivity contribution is -0.181. The van der Waals surface area contributed by atoms with Gasteiger partial charge in [-0.2, -0.15) is 0 Å². The first-order valence-electron chi connectivity index (χ1n) is 6.75. The maximum absolute atomic E-state index is 11.5. The van der Waals surface area contributed by atoms with Crippen molar-refractivity contribution in [2.75, 3.05) is 0 Å². The Balaban J connectivity index is 2.24. The minimum absolute atomic E-state index is 0.0690. The Morgan fingerprint density at radius 3 is 2.65 bits per heavy atom. The number of carbonyl (C=O) groups excluding carboxylic acids is 1. The van der Waals surface area contributed by atoms with Gasteiger partial charge in [-0.1, -0.05) is 33.8 Å². The van der Waals surface area contributed by atoms with Crippen LogP contribution in [0.15, 0.2) is 12.7 Å². The molecule has 0 aromatic heterocycles. The van der Waals surface area contributed by atoms with Gasteiger partial charge in [0.25, 0.3) is 0 Å². The molecular formula is C15H24O2. The first-order chi connectivity index (χ1) is 7.91. The van der Waals surface area contributed by atoms with E-state index in [4.69, 9.17) is 4.74 Å². The molecule has 2 aliphatic rings. The zero-order valence-electron chi connectivity index (χ0n) is 11.3. The highest BCUT2D eigenvalue weighted by Crippen LogP contribution is 2.61. The second-order valence-electron chi connectivity index (χ2n) is 6.44. The highest BCUT2D eigenvalue weighted by molar-refractivity contribution is 5.81. The Hall–Kier alpha value is -0.790. The Morgan fingerprint density at radius 2 is 2.00 bits per heavy atom. The van der Waals surface area contributed by atoms with Gasteiger partial charge in [0, 0.05) is 11.5 Å². The molecule has 0 aromatic carbocycles. The first kappa shape index (κ1) is 12.7. The van der Waals surface area contributed by atoms with Crippen molar-refractivity contribution in [1.29, 1.82) is 0 Å². The summed E-state index contributed by atoms with van der Waals surface area (Å²) in [5.41, 5.74) is 0.405. The van der Waals surface area contributed by atoms with E-state index in [1.54, 1.807) is 0 Å². The summed E-state index contributed by atoms with van der Waals surface area (Å²) >= 11 is 0. The van der Waals surface area contributed by atoms with Crippen molar-refractivity contribution in [3.8, 4) is 0 Å². The molecule has 2 bridgehead atoms. The standard InChI is InChI=1S/C15H24O2/c1-5-13(16)17-12-9-8-11-7-6-10-15(12,4)14(11,2)3/h5,11-12H,1,6-10H2,2-4H3. The Labute approximate surface area is 104 Å². The third-order valence-electron chi connectivity index (χ3n) is 5.65. The molecule has 0 heterocycles. The SMILES string of the molecule is C=CC(=O)OC1CCC2CCCC1(C)C2(C)C. The van der Waals surface area contributed by atoms with Gasteiger partial charge < -0.3 is 4.74 Å². The number of fused-ring (bicyclic) bond motifs is 2. The van der Waals surface area contributed by atoms with Crippen LogP contribution < -0.4 is 0 Å². The normalized spacial score (nSPS) is 39.5. The van der Waals surface area contributed by atoms with Crippen LogP contribution in [-0.2, 0) is 9.53 Å². The maximum atomic E-state index is 11.5. The molecule has 2 heteroatoms. The third kappa shape index (κ3) is 1.82. The number of hydrogen-bond donors (Lipinski definition) is 0. The molecule has 3 unspecified atom stereocenters. The van der Waals surface area contributed by atoms with Gasteiger partial charge in [0.2, 0.25) is 0 Å². The van der Waals surface area contributed by atoms with E-state index in [-0.39, 0.29) is 22.9 Å². The summed E-state index contributed by atoms with van der Waals surface area (Å²) in [6, 6.07) is 0. The topological polar surface area (TPSA) is 26.3 Å². The molecule has 17 heavy (non-hydrogen) atoms. The lowest BCUT2D eigenvalue weighted by Crippen LogP contribution is -2.56. The molecule has 0 saturated heterocycles. The average Bonchev–Trinajstić information content (AvgIpc) is 2.26. The van der Waals surface area contributed by atoms with Crippen LogP contribution in [0.3, 0.4) is 0 Å². The predicted octanol–water partition coefficient (Wildman–Crippen LogP) is 3.71. The summed E-state index contributed by atoms with van der Waals surface area (Å²) in [5.74, 6) is 0.524. The van der Waals surface area contributed by atoms with Crippen molar-refractivity contribution >= 4 is 5.97 Å². The summed E-state index contributed by atoms with van der Waals surface area (Å²) in [6.07, 6.45) is 7.34. The fourth-order valence-electron chi connectivity index (χ4n) is 3.99. The number of esters is 1. The van der Waals surface area contributed by atoms with E-state index < -0.39 is 0 Å². The summed E-state index contributed by atoms with van der Waals surface area (Å²) in [5, 5.41) is 0. The number of ether oxygens (including phenoxy) is 1. The minimum Gasteiger partial charge on any atom is -0.459 e. The molecule has 2 aliphatic carbocycles. The summed E-state index contributed by atoms with van der Waals surface area (Å²) in [6.45, 7) is 10.5. The van der Waals surface area contributed by atoms with Gasteiger partial charge in [-0.3, -0.25) is 0 Å². The quantitative estimate of drug-likeness (QED) is 0.539. The second-order valence-corrected chi connectivity index (χ2v) is 6.44. The molecule has 96 valence electrons. The van der Waals surface area contributed by atoms with Crippen LogP contribution >= 0.6 is 0 Å². The fourth-order valence-corrected chi connectivity index (χ4v) is 3.99. The summed E-state index contributed by atoms with van der Waals surface area (Å²) in [7, 11) is 0. The van der Waals surface area contributed by atoms with Gasteiger partial charge in [-0.25, -0.2) is 4.79 Å². The number of carbonyl (C=O) groups is 1. The molecule has 3 atom stereocenters. The highest BCUT2D eigenvalue weighted by Gasteiger charge is 2.56. The molecule has 0 radical (unpaired) electrons. The molecular weight excluding hydrogens is 212 g/mol. The van der Waals surface area contributed by atoms with Gasteiger partial charge >= 0.3 is 5.97 Å². The fraction of sp³-hybridized carbons (Fsp3) is 0.800. The monoisotopic (exact) mass is 236 g/mol. The van der Waals surface area contributed by atoms with Gasteiger partial charge in [-0.05, 0) is 37.0 Å². The average molecular weight is 236 g/mol. The predicted molar refractivity (Wildman–Crippen MR) is 68.5 cm³/mol. The van der Waals surface area contributed by atoms with E-state index in [1.807, 2.05) is 0 Å². The van der Waals surface area contributed by atoms with Crippen LogP contribution in [0.5, 0.6) is 0 Å². The van der Waals surface area contributed by atoms with Crippen LogP contribution in [0.25, 0.3) is 0 Å². The molecule has 0 aliphatic heterocycles. The highest BCUT2D eigenvalue weighted by atomic mass is 16.5. The molecule has 2 saturated carbocycles. The van der Waals surface area contributed by atoms with Crippen molar-refractivity contribution in [2.24, 2.45) is 16.7 Å². The Kier molecular flexibility index (Phi) is 3.09. The number of hydrogen-bond acceptors (Lipinski definition) is 2. The lowest BCUT2D eigenvalue weighted by atomic mass is 9.47. The van der Waals surface area contributed by atoms with Gasteiger partial charge in [0.15, 0.2) is 0 Å². The van der Waals surface area contributed by atoms with E-state index in [0.717, 1.165) is 12.3 Å². The van der Waals surface area contributed by atoms with Gasteiger partial charge in [-0.15, -0.1) is 0 Å². The molecule has 2 nitrogen and oxygen atoms in total. The van der Waals surface area contributed by atoms with Crippen molar-refractivity contribution < 1.29 is 9.53 Å². The summed E-state index contributed by atoms with van der Waals surface area (Å²) in [4.78, 5) is 11.5. The van der Waals surface area contributed by atoms with E-state index in [1.165, 1.54) is 31.8 Å². The molecule has 0 amide bonds. The van der Waals surface area contributed by atoms with E-state index in [9.17, 15) is 4.79 Å². The zero-order valence-corrected chi connectivity index (χ0v) is 11.3. The van der Waals surface area contributed by atoms with Crippen molar-refractivity contribution in [3.63, 3.8) is 0 Å². The molecule has 0 spiro atoms. The van der Waals surface area contributed by atoms with E-state index in [2.05, 4.69) is 27.4 Å². The first-order valence-corrected chi connectivity index (χ1v) is 6.75. The van der Waals surface area contributed by atoms with Crippen LogP contribution in [0, 0.1) is 16.7 Å². The van der Waals surface area contributed by atoms with E-state index >= 15 is 0 Å². The molecule has 0 N–H and O–H groups in total. The Morgan fingerprint density at radius 1 is 1.29 bits per heavy atom. The smallest absolute Gasteiger partial charge is 0.330 e.